The van der Waals surface area contributed by atoms with E-state index >= 15 is 0 Å². The zero-order valence-corrected chi connectivity index (χ0v) is 12.2. The van der Waals surface area contributed by atoms with Gasteiger partial charge in [0.05, 0.1) is 6.61 Å². The first kappa shape index (κ1) is 14.9. The van der Waals surface area contributed by atoms with Crippen molar-refractivity contribution in [3.63, 3.8) is 0 Å². The molecule has 1 aromatic rings. The minimum Gasteiger partial charge on any atom is -0.484 e. The number of hydrogen-bond donors (Lipinski definition) is 2. The molecule has 2 N–H and O–H groups in total. The zero-order chi connectivity index (χ0) is 14.6. The monoisotopic (exact) mass is 277 g/mol. The van der Waals surface area contributed by atoms with Gasteiger partial charge < -0.3 is 15.2 Å². The Hall–Kier alpha value is -1.55. The molecule has 2 unspecified atom stereocenters. The minimum atomic E-state index is -0.195. The van der Waals surface area contributed by atoms with Crippen LogP contribution in [0, 0.1) is 12.3 Å². The molecule has 1 saturated carbocycles. The highest BCUT2D eigenvalue weighted by Crippen LogP contribution is 2.37. The number of carbonyl (C=O) groups excluding carboxylic acids is 1. The van der Waals surface area contributed by atoms with E-state index in [1.165, 1.54) is 0 Å². The van der Waals surface area contributed by atoms with Crippen molar-refractivity contribution in [3.05, 3.63) is 29.8 Å². The summed E-state index contributed by atoms with van der Waals surface area (Å²) in [5.74, 6) is 0.578. The van der Waals surface area contributed by atoms with Crippen molar-refractivity contribution in [2.75, 3.05) is 13.2 Å². The molecule has 2 atom stereocenters. The van der Waals surface area contributed by atoms with Crippen molar-refractivity contribution in [1.82, 2.24) is 5.32 Å². The summed E-state index contributed by atoms with van der Waals surface area (Å²) in [7, 11) is 0. The first-order valence-corrected chi connectivity index (χ1v) is 7.13. The van der Waals surface area contributed by atoms with Gasteiger partial charge in [0.1, 0.15) is 5.75 Å². The zero-order valence-electron chi connectivity index (χ0n) is 12.2. The fourth-order valence-electron chi connectivity index (χ4n) is 2.76. The van der Waals surface area contributed by atoms with E-state index in [1.54, 1.807) is 0 Å². The molecule has 0 bridgehead atoms. The molecule has 110 valence electrons. The maximum atomic E-state index is 11.9. The molecule has 0 spiro atoms. The van der Waals surface area contributed by atoms with E-state index < -0.39 is 0 Å². The molecule has 20 heavy (non-hydrogen) atoms. The Morgan fingerprint density at radius 3 is 3.05 bits per heavy atom. The highest BCUT2D eigenvalue weighted by atomic mass is 16.5. The van der Waals surface area contributed by atoms with E-state index in [4.69, 9.17) is 4.74 Å². The van der Waals surface area contributed by atoms with Crippen LogP contribution in [0.15, 0.2) is 24.3 Å². The highest BCUT2D eigenvalue weighted by molar-refractivity contribution is 5.78. The standard InChI is InChI=1S/C16H23NO3/c1-12-5-3-6-13(9-12)20-10-15(19)17-14-7-4-8-16(14,2)11-18/h3,5-6,9,14,18H,4,7-8,10-11H2,1-2H3,(H,17,19). The third-order valence-electron chi connectivity index (χ3n) is 4.14. The summed E-state index contributed by atoms with van der Waals surface area (Å²) < 4.78 is 5.49. The van der Waals surface area contributed by atoms with E-state index in [2.05, 4.69) is 5.32 Å². The first-order chi connectivity index (χ1) is 9.53. The van der Waals surface area contributed by atoms with E-state index in [1.807, 2.05) is 38.1 Å². The van der Waals surface area contributed by atoms with Crippen molar-refractivity contribution in [1.29, 1.82) is 0 Å². The van der Waals surface area contributed by atoms with Gasteiger partial charge in [0.2, 0.25) is 0 Å². The molecule has 1 fully saturated rings. The maximum Gasteiger partial charge on any atom is 0.258 e. The number of hydrogen-bond acceptors (Lipinski definition) is 3. The largest absolute Gasteiger partial charge is 0.484 e. The van der Waals surface area contributed by atoms with Crippen LogP contribution in [0.3, 0.4) is 0 Å². The number of aryl methyl sites for hydroxylation is 1. The lowest BCUT2D eigenvalue weighted by Gasteiger charge is -2.30. The summed E-state index contributed by atoms with van der Waals surface area (Å²) in [5, 5.41) is 12.4. The van der Waals surface area contributed by atoms with Gasteiger partial charge in [-0.3, -0.25) is 4.79 Å². The Morgan fingerprint density at radius 2 is 2.35 bits per heavy atom. The molecular formula is C16H23NO3. The lowest BCUT2D eigenvalue weighted by Crippen LogP contribution is -2.46. The lowest BCUT2D eigenvalue weighted by atomic mass is 9.86. The number of aliphatic hydroxyl groups is 1. The maximum absolute atomic E-state index is 11.9. The summed E-state index contributed by atoms with van der Waals surface area (Å²) in [5.41, 5.74) is 0.908. The summed E-state index contributed by atoms with van der Waals surface area (Å²) in [6, 6.07) is 7.68. The average molecular weight is 277 g/mol. The van der Waals surface area contributed by atoms with Gasteiger partial charge in [-0.15, -0.1) is 0 Å². The highest BCUT2D eigenvalue weighted by Gasteiger charge is 2.39. The summed E-state index contributed by atoms with van der Waals surface area (Å²) in [6.45, 7) is 4.13. The predicted octanol–water partition coefficient (Wildman–Crippen LogP) is 2.04. The normalized spacial score (nSPS) is 25.4. The van der Waals surface area contributed by atoms with Crippen molar-refractivity contribution in [3.8, 4) is 5.75 Å². The van der Waals surface area contributed by atoms with Crippen molar-refractivity contribution >= 4 is 5.91 Å². The quantitative estimate of drug-likeness (QED) is 0.866. The van der Waals surface area contributed by atoms with Crippen LogP contribution in [0.5, 0.6) is 5.75 Å². The second-order valence-electron chi connectivity index (χ2n) is 5.93. The molecule has 4 heteroatoms. The molecule has 1 aliphatic carbocycles. The Kier molecular flexibility index (Phi) is 4.65. The Bertz CT molecular complexity index is 475. The van der Waals surface area contributed by atoms with Crippen LogP contribution < -0.4 is 10.1 Å². The number of benzene rings is 1. The van der Waals surface area contributed by atoms with Gasteiger partial charge in [-0.1, -0.05) is 25.5 Å². The fraction of sp³-hybridized carbons (Fsp3) is 0.562. The number of ether oxygens (including phenoxy) is 1. The fourth-order valence-corrected chi connectivity index (χ4v) is 2.76. The predicted molar refractivity (Wildman–Crippen MR) is 77.6 cm³/mol. The van der Waals surface area contributed by atoms with Gasteiger partial charge in [0.15, 0.2) is 6.61 Å². The molecular weight excluding hydrogens is 254 g/mol. The number of carbonyl (C=O) groups is 1. The Morgan fingerprint density at radius 1 is 1.55 bits per heavy atom. The minimum absolute atomic E-state index is 0.0153. The summed E-state index contributed by atoms with van der Waals surface area (Å²) in [6.07, 6.45) is 2.92. The average Bonchev–Trinajstić information content (AvgIpc) is 2.79. The van der Waals surface area contributed by atoms with Gasteiger partial charge in [-0.25, -0.2) is 0 Å². The van der Waals surface area contributed by atoms with Gasteiger partial charge in [-0.05, 0) is 37.5 Å². The lowest BCUT2D eigenvalue weighted by molar-refractivity contribution is -0.124. The smallest absolute Gasteiger partial charge is 0.258 e. The van der Waals surface area contributed by atoms with Gasteiger partial charge in [0, 0.05) is 11.5 Å². The molecule has 1 aromatic carbocycles. The van der Waals surface area contributed by atoms with Crippen LogP contribution in [0.2, 0.25) is 0 Å². The van der Waals surface area contributed by atoms with Crippen molar-refractivity contribution in [2.45, 2.75) is 39.2 Å². The molecule has 0 heterocycles. The molecule has 1 aliphatic rings. The number of amides is 1. The molecule has 0 saturated heterocycles. The van der Waals surface area contributed by atoms with Crippen LogP contribution in [-0.4, -0.2) is 30.3 Å². The molecule has 0 aliphatic heterocycles. The molecule has 4 nitrogen and oxygen atoms in total. The molecule has 0 radical (unpaired) electrons. The Balaban J connectivity index is 1.84. The van der Waals surface area contributed by atoms with Crippen molar-refractivity contribution < 1.29 is 14.6 Å². The van der Waals surface area contributed by atoms with E-state index in [9.17, 15) is 9.90 Å². The van der Waals surface area contributed by atoms with Crippen LogP contribution >= 0.6 is 0 Å². The summed E-state index contributed by atoms with van der Waals surface area (Å²) in [4.78, 5) is 11.9. The second-order valence-corrected chi connectivity index (χ2v) is 5.93. The van der Waals surface area contributed by atoms with Crippen LogP contribution in [0.1, 0.15) is 31.7 Å². The Labute approximate surface area is 120 Å². The van der Waals surface area contributed by atoms with Gasteiger partial charge in [-0.2, -0.15) is 0 Å². The molecule has 0 aromatic heterocycles. The van der Waals surface area contributed by atoms with Crippen LogP contribution in [0.25, 0.3) is 0 Å². The number of nitrogens with one attached hydrogen (secondary N) is 1. The molecule has 2 rings (SSSR count). The SMILES string of the molecule is Cc1cccc(OCC(=O)NC2CCCC2(C)CO)c1. The van der Waals surface area contributed by atoms with E-state index in [0.29, 0.717) is 5.75 Å². The number of rotatable bonds is 5. The summed E-state index contributed by atoms with van der Waals surface area (Å²) >= 11 is 0. The second kappa shape index (κ2) is 6.27. The van der Waals surface area contributed by atoms with Crippen LogP contribution in [-0.2, 0) is 4.79 Å². The van der Waals surface area contributed by atoms with Crippen molar-refractivity contribution in [2.24, 2.45) is 5.41 Å². The third kappa shape index (κ3) is 3.51. The van der Waals surface area contributed by atoms with Gasteiger partial charge in [0.25, 0.3) is 5.91 Å². The van der Waals surface area contributed by atoms with Gasteiger partial charge >= 0.3 is 0 Å². The number of aliphatic hydroxyl groups excluding tert-OH is 1. The third-order valence-corrected chi connectivity index (χ3v) is 4.14. The molecule has 1 amide bonds. The van der Waals surface area contributed by atoms with E-state index in [0.717, 1.165) is 24.8 Å². The first-order valence-electron chi connectivity index (χ1n) is 7.13. The topological polar surface area (TPSA) is 58.6 Å². The van der Waals surface area contributed by atoms with Crippen LogP contribution in [0.4, 0.5) is 0 Å². The van der Waals surface area contributed by atoms with E-state index in [-0.39, 0.29) is 30.6 Å².